The maximum atomic E-state index is 5.97. The van der Waals surface area contributed by atoms with E-state index in [4.69, 9.17) is 18.9 Å². The molecular formula is C17H26O4. The number of hydrogen-bond acceptors (Lipinski definition) is 4. The summed E-state index contributed by atoms with van der Waals surface area (Å²) in [5, 5.41) is 0. The summed E-state index contributed by atoms with van der Waals surface area (Å²) >= 11 is 0. The minimum absolute atomic E-state index is 0.632. The molecule has 21 heavy (non-hydrogen) atoms. The van der Waals surface area contributed by atoms with E-state index in [-0.39, 0.29) is 0 Å². The van der Waals surface area contributed by atoms with Crippen molar-refractivity contribution < 1.29 is 18.9 Å². The van der Waals surface area contributed by atoms with Gasteiger partial charge in [-0.05, 0) is 30.1 Å². The summed E-state index contributed by atoms with van der Waals surface area (Å²) in [5.74, 6) is 4.00. The molecule has 0 aromatic heterocycles. The van der Waals surface area contributed by atoms with Crippen LogP contribution in [0.5, 0.6) is 0 Å². The van der Waals surface area contributed by atoms with Crippen molar-refractivity contribution >= 4 is 0 Å². The molecule has 118 valence electrons. The summed E-state index contributed by atoms with van der Waals surface area (Å²) < 4.78 is 22.3. The molecule has 4 unspecified atom stereocenters. The van der Waals surface area contributed by atoms with Crippen molar-refractivity contribution in [3.63, 3.8) is 0 Å². The summed E-state index contributed by atoms with van der Waals surface area (Å²) in [7, 11) is 0. The van der Waals surface area contributed by atoms with Gasteiger partial charge < -0.3 is 18.9 Å². The number of fused-ring (bicyclic) bond motifs is 2. The van der Waals surface area contributed by atoms with Gasteiger partial charge in [0.1, 0.15) is 0 Å². The largest absolute Gasteiger partial charge is 0.381 e. The molecule has 2 aliphatic carbocycles. The van der Waals surface area contributed by atoms with Crippen LogP contribution in [0.15, 0.2) is 12.2 Å². The molecule has 4 nitrogen and oxygen atoms in total. The van der Waals surface area contributed by atoms with Crippen LogP contribution in [-0.4, -0.2) is 52.9 Å². The zero-order valence-electron chi connectivity index (χ0n) is 12.6. The summed E-state index contributed by atoms with van der Waals surface area (Å²) in [4.78, 5) is 0. The Hall–Kier alpha value is -0.420. The maximum absolute atomic E-state index is 5.97. The monoisotopic (exact) mass is 294 g/mol. The average Bonchev–Trinajstić information content (AvgIpc) is 2.97. The molecule has 0 radical (unpaired) electrons. The minimum Gasteiger partial charge on any atom is -0.381 e. The second kappa shape index (κ2) is 6.37. The van der Waals surface area contributed by atoms with Crippen molar-refractivity contribution in [1.29, 1.82) is 0 Å². The molecule has 0 aromatic carbocycles. The standard InChI is InChI=1S/C17H26O4/c1-2-15-3-14(1)16(10-20-8-12-4-18-5-12)17(15)11-21-9-13-6-19-7-13/h1-2,12-17H,3-11H2. The predicted molar refractivity (Wildman–Crippen MR) is 78.0 cm³/mol. The molecule has 0 aromatic rings. The maximum Gasteiger partial charge on any atom is 0.0538 e. The normalized spacial score (nSPS) is 38.7. The van der Waals surface area contributed by atoms with Crippen molar-refractivity contribution in [2.24, 2.45) is 35.5 Å². The van der Waals surface area contributed by atoms with Crippen molar-refractivity contribution in [1.82, 2.24) is 0 Å². The zero-order valence-corrected chi connectivity index (χ0v) is 12.6. The predicted octanol–water partition coefficient (Wildman–Crippen LogP) is 1.75. The lowest BCUT2D eigenvalue weighted by Crippen LogP contribution is -2.35. The van der Waals surface area contributed by atoms with Crippen molar-refractivity contribution in [2.75, 3.05) is 52.9 Å². The van der Waals surface area contributed by atoms with Crippen LogP contribution in [-0.2, 0) is 18.9 Å². The average molecular weight is 294 g/mol. The SMILES string of the molecule is C1=CC2CC1C(COCC1COC1)C2COCC1COC1. The molecule has 2 saturated heterocycles. The molecule has 2 bridgehead atoms. The molecule has 0 spiro atoms. The summed E-state index contributed by atoms with van der Waals surface area (Å²) in [6.45, 7) is 7.04. The van der Waals surface area contributed by atoms with Crippen LogP contribution in [0.4, 0.5) is 0 Å². The third kappa shape index (κ3) is 3.04. The molecule has 4 heteroatoms. The highest BCUT2D eigenvalue weighted by molar-refractivity contribution is 5.13. The van der Waals surface area contributed by atoms with Crippen LogP contribution in [0, 0.1) is 35.5 Å². The van der Waals surface area contributed by atoms with Crippen LogP contribution in [0.1, 0.15) is 6.42 Å². The Morgan fingerprint density at radius 2 is 1.19 bits per heavy atom. The lowest BCUT2D eigenvalue weighted by Gasteiger charge is -2.31. The van der Waals surface area contributed by atoms with Crippen molar-refractivity contribution in [2.45, 2.75) is 6.42 Å². The Morgan fingerprint density at radius 3 is 1.57 bits per heavy atom. The van der Waals surface area contributed by atoms with Crippen molar-refractivity contribution in [3.05, 3.63) is 12.2 Å². The van der Waals surface area contributed by atoms with E-state index in [1.54, 1.807) is 0 Å². The van der Waals surface area contributed by atoms with E-state index in [1.165, 1.54) is 6.42 Å². The second-order valence-electron chi connectivity index (χ2n) is 7.16. The second-order valence-corrected chi connectivity index (χ2v) is 7.16. The summed E-state index contributed by atoms with van der Waals surface area (Å²) in [6.07, 6.45) is 6.12. The van der Waals surface area contributed by atoms with E-state index < -0.39 is 0 Å². The van der Waals surface area contributed by atoms with Gasteiger partial charge in [0, 0.05) is 11.8 Å². The molecule has 1 saturated carbocycles. The fourth-order valence-corrected chi connectivity index (χ4v) is 4.02. The highest BCUT2D eigenvalue weighted by atomic mass is 16.5. The highest BCUT2D eigenvalue weighted by Gasteiger charge is 2.44. The lowest BCUT2D eigenvalue weighted by molar-refractivity contribution is -0.0887. The molecule has 4 atom stereocenters. The van der Waals surface area contributed by atoms with Gasteiger partial charge in [-0.2, -0.15) is 0 Å². The van der Waals surface area contributed by atoms with Gasteiger partial charge in [0.25, 0.3) is 0 Å². The van der Waals surface area contributed by atoms with E-state index in [1.807, 2.05) is 0 Å². The minimum atomic E-state index is 0.632. The molecule has 3 fully saturated rings. The van der Waals surface area contributed by atoms with E-state index in [2.05, 4.69) is 12.2 Å². The lowest BCUT2D eigenvalue weighted by atomic mass is 9.84. The van der Waals surface area contributed by atoms with E-state index >= 15 is 0 Å². The highest BCUT2D eigenvalue weighted by Crippen LogP contribution is 2.48. The van der Waals surface area contributed by atoms with Gasteiger partial charge in [0.05, 0.1) is 52.9 Å². The molecule has 2 heterocycles. The molecule has 0 N–H and O–H groups in total. The zero-order chi connectivity index (χ0) is 14.1. The molecular weight excluding hydrogens is 268 g/mol. The van der Waals surface area contributed by atoms with E-state index in [0.717, 1.165) is 52.9 Å². The van der Waals surface area contributed by atoms with E-state index in [0.29, 0.717) is 35.5 Å². The van der Waals surface area contributed by atoms with Gasteiger partial charge in [0.2, 0.25) is 0 Å². The van der Waals surface area contributed by atoms with Gasteiger partial charge in [-0.15, -0.1) is 0 Å². The third-order valence-electron chi connectivity index (χ3n) is 5.54. The topological polar surface area (TPSA) is 36.9 Å². The number of rotatable bonds is 8. The third-order valence-corrected chi connectivity index (χ3v) is 5.54. The van der Waals surface area contributed by atoms with Gasteiger partial charge in [-0.25, -0.2) is 0 Å². The van der Waals surface area contributed by atoms with Gasteiger partial charge in [0.15, 0.2) is 0 Å². The Balaban J connectivity index is 1.23. The van der Waals surface area contributed by atoms with Gasteiger partial charge >= 0.3 is 0 Å². The Morgan fingerprint density at radius 1 is 0.714 bits per heavy atom. The summed E-state index contributed by atoms with van der Waals surface area (Å²) in [6, 6.07) is 0. The van der Waals surface area contributed by atoms with Crippen LogP contribution >= 0.6 is 0 Å². The molecule has 4 rings (SSSR count). The smallest absolute Gasteiger partial charge is 0.0538 e. The van der Waals surface area contributed by atoms with Crippen molar-refractivity contribution in [3.8, 4) is 0 Å². The fraction of sp³-hybridized carbons (Fsp3) is 0.882. The Labute approximate surface area is 126 Å². The fourth-order valence-electron chi connectivity index (χ4n) is 4.02. The first-order chi connectivity index (χ1) is 10.4. The van der Waals surface area contributed by atoms with Crippen LogP contribution in [0.3, 0.4) is 0 Å². The summed E-state index contributed by atoms with van der Waals surface area (Å²) in [5.41, 5.74) is 0. The van der Waals surface area contributed by atoms with Gasteiger partial charge in [-0.1, -0.05) is 12.2 Å². The number of allylic oxidation sites excluding steroid dienone is 2. The quantitative estimate of drug-likeness (QED) is 0.639. The van der Waals surface area contributed by atoms with Gasteiger partial charge in [-0.3, -0.25) is 0 Å². The first-order valence-corrected chi connectivity index (χ1v) is 8.39. The van der Waals surface area contributed by atoms with Crippen LogP contribution in [0.2, 0.25) is 0 Å². The number of hydrogen-bond donors (Lipinski definition) is 0. The Kier molecular flexibility index (Phi) is 4.30. The Bertz CT molecular complexity index is 341. The molecule has 4 aliphatic rings. The van der Waals surface area contributed by atoms with E-state index in [9.17, 15) is 0 Å². The van der Waals surface area contributed by atoms with Crippen LogP contribution < -0.4 is 0 Å². The molecule has 0 amide bonds. The number of ether oxygens (including phenoxy) is 4. The first kappa shape index (κ1) is 14.2. The first-order valence-electron chi connectivity index (χ1n) is 8.39. The molecule has 2 aliphatic heterocycles. The van der Waals surface area contributed by atoms with Crippen LogP contribution in [0.25, 0.3) is 0 Å².